The zero-order valence-corrected chi connectivity index (χ0v) is 21.1. The zero-order valence-electron chi connectivity index (χ0n) is 21.1. The first-order valence-corrected chi connectivity index (χ1v) is 12.2. The van der Waals surface area contributed by atoms with Crippen molar-refractivity contribution >= 4 is 16.9 Å². The molecule has 3 aromatic carbocycles. The lowest BCUT2D eigenvalue weighted by Gasteiger charge is -2.17. The average Bonchev–Trinajstić information content (AvgIpc) is 3.28. The van der Waals surface area contributed by atoms with E-state index >= 15 is 0 Å². The third-order valence-electron chi connectivity index (χ3n) is 6.08. The highest BCUT2D eigenvalue weighted by atomic mass is 16.5. The van der Waals surface area contributed by atoms with Gasteiger partial charge in [0.05, 0.1) is 44.3 Å². The van der Waals surface area contributed by atoms with Crippen LogP contribution in [0.1, 0.15) is 37.2 Å². The summed E-state index contributed by atoms with van der Waals surface area (Å²) in [6.07, 6.45) is 2.09. The van der Waals surface area contributed by atoms with Crippen LogP contribution in [0.15, 0.2) is 72.8 Å². The van der Waals surface area contributed by atoms with Crippen LogP contribution in [0, 0.1) is 0 Å². The fourth-order valence-corrected chi connectivity index (χ4v) is 4.24. The van der Waals surface area contributed by atoms with Crippen molar-refractivity contribution in [3.8, 4) is 17.2 Å². The smallest absolute Gasteiger partial charge is 0.224 e. The summed E-state index contributed by atoms with van der Waals surface area (Å²) >= 11 is 0. The van der Waals surface area contributed by atoms with E-state index in [2.05, 4.69) is 16.0 Å². The molecule has 7 nitrogen and oxygen atoms in total. The second-order valence-corrected chi connectivity index (χ2v) is 8.63. The SMILES string of the molecule is COc1ccc(CC(=O)NC(C)c2nc3ccccc3n2CCCCOc2ccccc2OC)cc1. The van der Waals surface area contributed by atoms with Gasteiger partial charge in [0.1, 0.15) is 11.6 Å². The monoisotopic (exact) mass is 487 g/mol. The number of nitrogens with zero attached hydrogens (tertiary/aromatic N) is 2. The molecule has 7 heteroatoms. The van der Waals surface area contributed by atoms with Crippen LogP contribution >= 0.6 is 0 Å². The minimum Gasteiger partial charge on any atom is -0.497 e. The van der Waals surface area contributed by atoms with E-state index in [1.807, 2.05) is 73.7 Å². The molecule has 0 aliphatic heterocycles. The van der Waals surface area contributed by atoms with Gasteiger partial charge in [-0.15, -0.1) is 0 Å². The van der Waals surface area contributed by atoms with E-state index in [-0.39, 0.29) is 11.9 Å². The van der Waals surface area contributed by atoms with Gasteiger partial charge in [-0.05, 0) is 61.7 Å². The maximum absolute atomic E-state index is 12.8. The van der Waals surface area contributed by atoms with Gasteiger partial charge in [-0.1, -0.05) is 36.4 Å². The number of carbonyl (C=O) groups excluding carboxylic acids is 1. The summed E-state index contributed by atoms with van der Waals surface area (Å²) in [7, 11) is 3.27. The topological polar surface area (TPSA) is 74.6 Å². The van der Waals surface area contributed by atoms with Crippen LogP contribution in [0.5, 0.6) is 17.2 Å². The molecule has 0 aliphatic rings. The molecule has 1 heterocycles. The molecule has 0 radical (unpaired) electrons. The number of nitrogens with one attached hydrogen (secondary N) is 1. The molecule has 0 bridgehead atoms. The predicted octanol–water partition coefficient (Wildman–Crippen LogP) is 5.33. The van der Waals surface area contributed by atoms with E-state index in [9.17, 15) is 4.79 Å². The van der Waals surface area contributed by atoms with Gasteiger partial charge in [-0.3, -0.25) is 4.79 Å². The minimum atomic E-state index is -0.229. The van der Waals surface area contributed by atoms with Crippen molar-refractivity contribution in [3.63, 3.8) is 0 Å². The average molecular weight is 488 g/mol. The van der Waals surface area contributed by atoms with Gasteiger partial charge in [0.2, 0.25) is 5.91 Å². The Hall–Kier alpha value is -4.00. The van der Waals surface area contributed by atoms with Crippen LogP contribution in [0.25, 0.3) is 11.0 Å². The molecule has 1 amide bonds. The Morgan fingerprint density at radius 2 is 1.64 bits per heavy atom. The lowest BCUT2D eigenvalue weighted by atomic mass is 10.1. The van der Waals surface area contributed by atoms with Crippen molar-refractivity contribution in [2.75, 3.05) is 20.8 Å². The molecule has 0 spiro atoms. The van der Waals surface area contributed by atoms with Crippen LogP contribution in [0.3, 0.4) is 0 Å². The number of hydrogen-bond donors (Lipinski definition) is 1. The summed E-state index contributed by atoms with van der Waals surface area (Å²) in [5.74, 6) is 3.07. The van der Waals surface area contributed by atoms with Crippen molar-refractivity contribution < 1.29 is 19.0 Å². The van der Waals surface area contributed by atoms with Crippen LogP contribution in [0.2, 0.25) is 0 Å². The molecular weight excluding hydrogens is 454 g/mol. The zero-order chi connectivity index (χ0) is 25.3. The van der Waals surface area contributed by atoms with Gasteiger partial charge >= 0.3 is 0 Å². The molecule has 0 saturated heterocycles. The summed E-state index contributed by atoms with van der Waals surface area (Å²) in [6, 6.07) is 23.1. The van der Waals surface area contributed by atoms with Gasteiger partial charge in [0.15, 0.2) is 11.5 Å². The fraction of sp³-hybridized carbons (Fsp3) is 0.310. The third-order valence-corrected chi connectivity index (χ3v) is 6.08. The highest BCUT2D eigenvalue weighted by molar-refractivity contribution is 5.79. The number of carbonyl (C=O) groups is 1. The first-order chi connectivity index (χ1) is 17.6. The standard InChI is InChI=1S/C29H33N3O4/c1-21(30-28(33)20-22-14-16-23(34-2)17-15-22)29-31-24-10-4-5-11-25(24)32(29)18-8-9-19-36-27-13-7-6-12-26(27)35-3/h4-7,10-17,21H,8-9,18-20H2,1-3H3,(H,30,33). The van der Waals surface area contributed by atoms with E-state index in [0.717, 1.165) is 59.1 Å². The van der Waals surface area contributed by atoms with Crippen molar-refractivity contribution in [2.24, 2.45) is 0 Å². The third kappa shape index (κ3) is 6.16. The fourth-order valence-electron chi connectivity index (χ4n) is 4.24. The van der Waals surface area contributed by atoms with Crippen LogP contribution < -0.4 is 19.5 Å². The van der Waals surface area contributed by atoms with E-state index in [0.29, 0.717) is 13.0 Å². The number of benzene rings is 3. The molecule has 36 heavy (non-hydrogen) atoms. The molecular formula is C29H33N3O4. The molecule has 0 saturated carbocycles. The maximum atomic E-state index is 12.8. The van der Waals surface area contributed by atoms with Crippen molar-refractivity contribution in [1.82, 2.24) is 14.9 Å². The molecule has 4 aromatic rings. The largest absolute Gasteiger partial charge is 0.497 e. The lowest BCUT2D eigenvalue weighted by molar-refractivity contribution is -0.121. The highest BCUT2D eigenvalue weighted by Crippen LogP contribution is 2.26. The Kier molecular flexibility index (Phi) is 8.44. The van der Waals surface area contributed by atoms with Gasteiger partial charge in [-0.25, -0.2) is 4.98 Å². The number of hydrogen-bond acceptors (Lipinski definition) is 5. The lowest BCUT2D eigenvalue weighted by Crippen LogP contribution is -2.30. The predicted molar refractivity (Wildman–Crippen MR) is 141 cm³/mol. The number of ether oxygens (including phenoxy) is 3. The van der Waals surface area contributed by atoms with E-state index in [4.69, 9.17) is 19.2 Å². The maximum Gasteiger partial charge on any atom is 0.224 e. The normalized spacial score (nSPS) is 11.8. The molecule has 1 atom stereocenters. The number of para-hydroxylation sites is 4. The van der Waals surface area contributed by atoms with Gasteiger partial charge in [0, 0.05) is 6.54 Å². The Morgan fingerprint density at radius 1 is 0.917 bits per heavy atom. The van der Waals surface area contributed by atoms with E-state index < -0.39 is 0 Å². The van der Waals surface area contributed by atoms with Crippen molar-refractivity contribution in [3.05, 3.63) is 84.2 Å². The van der Waals surface area contributed by atoms with Crippen molar-refractivity contribution in [1.29, 1.82) is 0 Å². The summed E-state index contributed by atoms with van der Waals surface area (Å²) in [5.41, 5.74) is 2.92. The number of rotatable bonds is 12. The number of fused-ring (bicyclic) bond motifs is 1. The van der Waals surface area contributed by atoms with Crippen LogP contribution in [-0.2, 0) is 17.8 Å². The van der Waals surface area contributed by atoms with E-state index in [1.54, 1.807) is 14.2 Å². The Bertz CT molecular complexity index is 1280. The second-order valence-electron chi connectivity index (χ2n) is 8.63. The molecule has 1 unspecified atom stereocenters. The molecule has 1 N–H and O–H groups in total. The molecule has 0 fully saturated rings. The summed E-state index contributed by atoms with van der Waals surface area (Å²) in [4.78, 5) is 17.6. The Labute approximate surface area is 212 Å². The quantitative estimate of drug-likeness (QED) is 0.273. The molecule has 0 aliphatic carbocycles. The molecule has 1 aromatic heterocycles. The second kappa shape index (κ2) is 12.1. The Morgan fingerprint density at radius 3 is 2.39 bits per heavy atom. The van der Waals surface area contributed by atoms with Gasteiger partial charge in [-0.2, -0.15) is 0 Å². The van der Waals surface area contributed by atoms with Crippen LogP contribution in [-0.4, -0.2) is 36.3 Å². The number of unbranched alkanes of at least 4 members (excludes halogenated alkanes) is 1. The van der Waals surface area contributed by atoms with Crippen LogP contribution in [0.4, 0.5) is 0 Å². The molecule has 188 valence electrons. The first-order valence-electron chi connectivity index (χ1n) is 12.2. The number of aryl methyl sites for hydroxylation is 1. The summed E-state index contributed by atoms with van der Waals surface area (Å²) in [5, 5.41) is 3.12. The van der Waals surface area contributed by atoms with Crippen molar-refractivity contribution in [2.45, 2.75) is 38.8 Å². The minimum absolute atomic E-state index is 0.0449. The Balaban J connectivity index is 1.38. The summed E-state index contributed by atoms with van der Waals surface area (Å²) in [6.45, 7) is 3.36. The number of aromatic nitrogens is 2. The van der Waals surface area contributed by atoms with E-state index in [1.165, 1.54) is 0 Å². The molecule has 4 rings (SSSR count). The highest BCUT2D eigenvalue weighted by Gasteiger charge is 2.18. The van der Waals surface area contributed by atoms with Gasteiger partial charge < -0.3 is 24.1 Å². The summed E-state index contributed by atoms with van der Waals surface area (Å²) < 4.78 is 18.7. The van der Waals surface area contributed by atoms with Gasteiger partial charge in [0.25, 0.3) is 0 Å². The number of imidazole rings is 1. The first kappa shape index (κ1) is 25.1. The number of methoxy groups -OCH3 is 2. The number of amides is 1.